The van der Waals surface area contributed by atoms with Gasteiger partial charge in [-0.3, -0.25) is 14.9 Å². The SMILES string of the molecule is O=C(CSC(F)(F)F)c1cccc([N+](=O)[O-])c1. The summed E-state index contributed by atoms with van der Waals surface area (Å²) in [6.07, 6.45) is 0. The number of alkyl halides is 3. The second-order valence-electron chi connectivity index (χ2n) is 2.97. The molecule has 0 aliphatic carbocycles. The number of non-ortho nitro benzene ring substituents is 1. The minimum atomic E-state index is -4.49. The normalized spacial score (nSPS) is 11.2. The van der Waals surface area contributed by atoms with Gasteiger partial charge in [0.1, 0.15) is 0 Å². The Morgan fingerprint density at radius 1 is 1.41 bits per heavy atom. The average molecular weight is 265 g/mol. The summed E-state index contributed by atoms with van der Waals surface area (Å²) in [6, 6.07) is 4.61. The third-order valence-electron chi connectivity index (χ3n) is 1.75. The van der Waals surface area contributed by atoms with Crippen LogP contribution in [0.2, 0.25) is 0 Å². The number of thioether (sulfide) groups is 1. The highest BCUT2D eigenvalue weighted by atomic mass is 32.2. The van der Waals surface area contributed by atoms with Crippen LogP contribution < -0.4 is 0 Å². The smallest absolute Gasteiger partial charge is 0.293 e. The van der Waals surface area contributed by atoms with E-state index >= 15 is 0 Å². The lowest BCUT2D eigenvalue weighted by atomic mass is 10.1. The molecule has 0 fully saturated rings. The fourth-order valence-electron chi connectivity index (χ4n) is 1.02. The molecule has 1 aromatic rings. The summed E-state index contributed by atoms with van der Waals surface area (Å²) in [4.78, 5) is 21.0. The van der Waals surface area contributed by atoms with Crippen LogP contribution in [0.25, 0.3) is 0 Å². The number of halogens is 3. The van der Waals surface area contributed by atoms with Gasteiger partial charge in [0.25, 0.3) is 5.69 Å². The Kier molecular flexibility index (Phi) is 4.11. The van der Waals surface area contributed by atoms with E-state index in [-0.39, 0.29) is 11.3 Å². The van der Waals surface area contributed by atoms with Crippen molar-refractivity contribution in [2.75, 3.05) is 5.75 Å². The van der Waals surface area contributed by atoms with Gasteiger partial charge in [0.05, 0.1) is 10.7 Å². The Bertz CT molecular complexity index is 447. The first-order chi connectivity index (χ1) is 7.79. The molecule has 0 radical (unpaired) electrons. The van der Waals surface area contributed by atoms with E-state index in [9.17, 15) is 28.1 Å². The Morgan fingerprint density at radius 2 is 2.06 bits per heavy atom. The van der Waals surface area contributed by atoms with Crippen LogP contribution in [0, 0.1) is 10.1 Å². The van der Waals surface area contributed by atoms with Crippen molar-refractivity contribution in [3.05, 3.63) is 39.9 Å². The predicted molar refractivity (Wildman–Crippen MR) is 55.9 cm³/mol. The van der Waals surface area contributed by atoms with Crippen LogP contribution in [0.3, 0.4) is 0 Å². The molecule has 17 heavy (non-hydrogen) atoms. The molecule has 0 atom stereocenters. The number of rotatable bonds is 4. The van der Waals surface area contributed by atoms with Crippen LogP contribution in [0.5, 0.6) is 0 Å². The molecule has 92 valence electrons. The van der Waals surface area contributed by atoms with Crippen LogP contribution >= 0.6 is 11.8 Å². The Hall–Kier alpha value is -1.57. The van der Waals surface area contributed by atoms with Crippen LogP contribution in [-0.4, -0.2) is 22.0 Å². The van der Waals surface area contributed by atoms with Gasteiger partial charge in [-0.25, -0.2) is 0 Å². The Morgan fingerprint density at radius 3 is 2.59 bits per heavy atom. The highest BCUT2D eigenvalue weighted by Gasteiger charge is 2.29. The molecule has 4 nitrogen and oxygen atoms in total. The van der Waals surface area contributed by atoms with Crippen molar-refractivity contribution in [1.29, 1.82) is 0 Å². The van der Waals surface area contributed by atoms with E-state index in [4.69, 9.17) is 0 Å². The van der Waals surface area contributed by atoms with Gasteiger partial charge in [0.2, 0.25) is 0 Å². The first kappa shape index (κ1) is 13.5. The van der Waals surface area contributed by atoms with Gasteiger partial charge >= 0.3 is 5.51 Å². The van der Waals surface area contributed by atoms with Gasteiger partial charge < -0.3 is 0 Å². The molecule has 0 N–H and O–H groups in total. The number of carbonyl (C=O) groups is 1. The zero-order valence-corrected chi connectivity index (χ0v) is 9.05. The van der Waals surface area contributed by atoms with Gasteiger partial charge in [0.15, 0.2) is 5.78 Å². The number of benzene rings is 1. The number of nitro groups is 1. The first-order valence-electron chi connectivity index (χ1n) is 4.28. The summed E-state index contributed by atoms with van der Waals surface area (Å²) in [5, 5.41) is 10.4. The monoisotopic (exact) mass is 265 g/mol. The minimum absolute atomic E-state index is 0.101. The second kappa shape index (κ2) is 5.17. The fourth-order valence-corrected chi connectivity index (χ4v) is 1.49. The zero-order valence-electron chi connectivity index (χ0n) is 8.23. The maximum Gasteiger partial charge on any atom is 0.442 e. The van der Waals surface area contributed by atoms with Gasteiger partial charge in [-0.1, -0.05) is 12.1 Å². The topological polar surface area (TPSA) is 60.2 Å². The second-order valence-corrected chi connectivity index (χ2v) is 4.01. The van der Waals surface area contributed by atoms with Crippen LogP contribution in [0.4, 0.5) is 18.9 Å². The third kappa shape index (κ3) is 4.43. The van der Waals surface area contributed by atoms with Gasteiger partial charge in [0, 0.05) is 17.7 Å². The quantitative estimate of drug-likeness (QED) is 0.477. The highest BCUT2D eigenvalue weighted by Crippen LogP contribution is 2.30. The van der Waals surface area contributed by atoms with Crippen molar-refractivity contribution in [3.8, 4) is 0 Å². The lowest BCUT2D eigenvalue weighted by Crippen LogP contribution is -2.09. The summed E-state index contributed by atoms with van der Waals surface area (Å²) in [5.41, 5.74) is -4.92. The van der Waals surface area contributed by atoms with Crippen molar-refractivity contribution in [3.63, 3.8) is 0 Å². The summed E-state index contributed by atoms with van der Waals surface area (Å²) >= 11 is -0.469. The number of hydrogen-bond acceptors (Lipinski definition) is 4. The molecular formula is C9H6F3NO3S. The lowest BCUT2D eigenvalue weighted by molar-refractivity contribution is -0.384. The molecule has 1 rings (SSSR count). The number of hydrogen-bond donors (Lipinski definition) is 0. The summed E-state index contributed by atoms with van der Waals surface area (Å²) in [6.45, 7) is 0. The van der Waals surface area contributed by atoms with E-state index in [1.165, 1.54) is 12.1 Å². The molecule has 0 heterocycles. The van der Waals surface area contributed by atoms with Crippen molar-refractivity contribution in [2.45, 2.75) is 5.51 Å². The lowest BCUT2D eigenvalue weighted by Gasteiger charge is -2.04. The van der Waals surface area contributed by atoms with E-state index in [0.717, 1.165) is 12.1 Å². The number of nitro benzene ring substituents is 1. The van der Waals surface area contributed by atoms with Crippen molar-refractivity contribution >= 4 is 23.2 Å². The molecule has 0 spiro atoms. The van der Waals surface area contributed by atoms with Gasteiger partial charge in [-0.05, 0) is 11.8 Å². The Balaban J connectivity index is 2.76. The number of nitrogens with zero attached hydrogens (tertiary/aromatic N) is 1. The molecule has 0 saturated heterocycles. The molecule has 0 unspecified atom stereocenters. The van der Waals surface area contributed by atoms with Crippen LogP contribution in [-0.2, 0) is 0 Å². The third-order valence-corrected chi connectivity index (χ3v) is 2.48. The first-order valence-corrected chi connectivity index (χ1v) is 5.26. The van der Waals surface area contributed by atoms with Crippen molar-refractivity contribution in [2.24, 2.45) is 0 Å². The number of Topliss-reactive ketones (excluding diaryl/α,β-unsaturated/α-hetero) is 1. The molecule has 0 bridgehead atoms. The standard InChI is InChI=1S/C9H6F3NO3S/c10-9(11,12)17-5-8(14)6-2-1-3-7(4-6)13(15)16/h1-4H,5H2. The fraction of sp³-hybridized carbons (Fsp3) is 0.222. The zero-order chi connectivity index (χ0) is 13.1. The molecule has 0 saturated carbocycles. The average Bonchev–Trinajstić information content (AvgIpc) is 2.25. The van der Waals surface area contributed by atoms with Gasteiger partial charge in [-0.15, -0.1) is 0 Å². The minimum Gasteiger partial charge on any atom is -0.293 e. The molecule has 0 amide bonds. The van der Waals surface area contributed by atoms with Crippen LogP contribution in [0.1, 0.15) is 10.4 Å². The highest BCUT2D eigenvalue weighted by molar-refractivity contribution is 8.00. The maximum absolute atomic E-state index is 11.8. The summed E-state index contributed by atoms with van der Waals surface area (Å²) in [7, 11) is 0. The van der Waals surface area contributed by atoms with Gasteiger partial charge in [-0.2, -0.15) is 13.2 Å². The van der Waals surface area contributed by atoms with Crippen molar-refractivity contribution in [1.82, 2.24) is 0 Å². The molecular weight excluding hydrogens is 259 g/mol. The van der Waals surface area contributed by atoms with E-state index < -0.39 is 33.7 Å². The van der Waals surface area contributed by atoms with E-state index in [2.05, 4.69) is 0 Å². The van der Waals surface area contributed by atoms with E-state index in [1.807, 2.05) is 0 Å². The predicted octanol–water partition coefficient (Wildman–Crippen LogP) is 3.03. The maximum atomic E-state index is 11.8. The molecule has 0 aromatic heterocycles. The van der Waals surface area contributed by atoms with Crippen LogP contribution in [0.15, 0.2) is 24.3 Å². The molecule has 8 heteroatoms. The van der Waals surface area contributed by atoms with E-state index in [0.29, 0.717) is 0 Å². The summed E-state index contributed by atoms with van der Waals surface area (Å²) < 4.78 is 35.5. The Labute approximate surface area is 98.0 Å². The molecule has 0 aliphatic rings. The number of carbonyl (C=O) groups excluding carboxylic acids is 1. The molecule has 0 aliphatic heterocycles. The number of ketones is 1. The largest absolute Gasteiger partial charge is 0.442 e. The summed E-state index contributed by atoms with van der Waals surface area (Å²) in [5.74, 6) is -1.58. The molecule has 1 aromatic carbocycles. The van der Waals surface area contributed by atoms with E-state index in [1.54, 1.807) is 0 Å². The van der Waals surface area contributed by atoms with Crippen molar-refractivity contribution < 1.29 is 22.9 Å².